The fourth-order valence-electron chi connectivity index (χ4n) is 2.81. The molecule has 0 spiro atoms. The SMILES string of the molecule is Cc1ccc([C@H](NC(=O)CSCc2ccc(F)cc2)c2ccccc2)cc1. The van der Waals surface area contributed by atoms with Crippen LogP contribution in [0.1, 0.15) is 28.3 Å². The Morgan fingerprint density at radius 1 is 0.926 bits per heavy atom. The van der Waals surface area contributed by atoms with Crippen LogP contribution in [0.3, 0.4) is 0 Å². The molecule has 0 unspecified atom stereocenters. The molecule has 0 bridgehead atoms. The number of nitrogens with one attached hydrogen (secondary N) is 1. The molecule has 1 atom stereocenters. The van der Waals surface area contributed by atoms with Crippen LogP contribution in [-0.2, 0) is 10.5 Å². The predicted octanol–water partition coefficient (Wildman–Crippen LogP) is 5.27. The molecule has 0 aliphatic carbocycles. The maximum absolute atomic E-state index is 13.0. The number of carbonyl (C=O) groups is 1. The van der Waals surface area contributed by atoms with E-state index in [9.17, 15) is 9.18 Å². The van der Waals surface area contributed by atoms with Gasteiger partial charge in [-0.15, -0.1) is 11.8 Å². The van der Waals surface area contributed by atoms with E-state index < -0.39 is 0 Å². The Morgan fingerprint density at radius 2 is 1.56 bits per heavy atom. The Labute approximate surface area is 163 Å². The van der Waals surface area contributed by atoms with Crippen LogP contribution in [0.15, 0.2) is 78.9 Å². The van der Waals surface area contributed by atoms with Crippen molar-refractivity contribution in [3.63, 3.8) is 0 Å². The van der Waals surface area contributed by atoms with Crippen molar-refractivity contribution < 1.29 is 9.18 Å². The Morgan fingerprint density at radius 3 is 2.22 bits per heavy atom. The van der Waals surface area contributed by atoms with Crippen LogP contribution in [0.4, 0.5) is 4.39 Å². The molecule has 3 aromatic rings. The molecule has 3 aromatic carbocycles. The van der Waals surface area contributed by atoms with Gasteiger partial charge in [-0.25, -0.2) is 4.39 Å². The molecule has 0 fully saturated rings. The van der Waals surface area contributed by atoms with Gasteiger partial charge in [0.15, 0.2) is 0 Å². The minimum atomic E-state index is -0.245. The molecule has 0 saturated heterocycles. The molecular weight excluding hydrogens is 357 g/mol. The van der Waals surface area contributed by atoms with Gasteiger partial charge >= 0.3 is 0 Å². The van der Waals surface area contributed by atoms with Gasteiger partial charge in [0.25, 0.3) is 0 Å². The molecular formula is C23H22FNOS. The lowest BCUT2D eigenvalue weighted by atomic mass is 9.98. The van der Waals surface area contributed by atoms with Crippen molar-refractivity contribution in [1.29, 1.82) is 0 Å². The molecule has 0 radical (unpaired) electrons. The van der Waals surface area contributed by atoms with Crippen LogP contribution < -0.4 is 5.32 Å². The molecule has 0 aromatic heterocycles. The van der Waals surface area contributed by atoms with E-state index in [-0.39, 0.29) is 17.8 Å². The summed E-state index contributed by atoms with van der Waals surface area (Å²) in [7, 11) is 0. The summed E-state index contributed by atoms with van der Waals surface area (Å²) in [6.07, 6.45) is 0. The molecule has 1 amide bonds. The van der Waals surface area contributed by atoms with E-state index in [4.69, 9.17) is 0 Å². The van der Waals surface area contributed by atoms with E-state index in [1.807, 2.05) is 37.3 Å². The average molecular weight is 380 g/mol. The minimum absolute atomic E-state index is 0.0171. The number of halogens is 1. The smallest absolute Gasteiger partial charge is 0.230 e. The number of hydrogen-bond donors (Lipinski definition) is 1. The number of amides is 1. The van der Waals surface area contributed by atoms with Gasteiger partial charge in [-0.2, -0.15) is 0 Å². The Hall–Kier alpha value is -2.59. The lowest BCUT2D eigenvalue weighted by Crippen LogP contribution is -2.30. The molecule has 1 N–H and O–H groups in total. The van der Waals surface area contributed by atoms with E-state index in [0.29, 0.717) is 11.5 Å². The first-order valence-corrected chi connectivity index (χ1v) is 10.0. The van der Waals surface area contributed by atoms with Gasteiger partial charge < -0.3 is 5.32 Å². The molecule has 27 heavy (non-hydrogen) atoms. The van der Waals surface area contributed by atoms with E-state index in [1.54, 1.807) is 12.1 Å². The molecule has 0 aliphatic heterocycles. The first kappa shape index (κ1) is 19.2. The van der Waals surface area contributed by atoms with Crippen LogP contribution in [0.5, 0.6) is 0 Å². The molecule has 2 nitrogen and oxygen atoms in total. The third-order valence-electron chi connectivity index (χ3n) is 4.26. The van der Waals surface area contributed by atoms with Crippen molar-refractivity contribution in [2.24, 2.45) is 0 Å². The minimum Gasteiger partial charge on any atom is -0.344 e. The van der Waals surface area contributed by atoms with Gasteiger partial charge in [0.1, 0.15) is 5.82 Å². The summed E-state index contributed by atoms with van der Waals surface area (Å²) in [5.41, 5.74) is 4.31. The number of thioether (sulfide) groups is 1. The average Bonchev–Trinajstić information content (AvgIpc) is 2.69. The molecule has 3 rings (SSSR count). The van der Waals surface area contributed by atoms with Crippen molar-refractivity contribution in [3.8, 4) is 0 Å². The van der Waals surface area contributed by atoms with Gasteiger partial charge in [0, 0.05) is 5.75 Å². The number of carbonyl (C=O) groups excluding carboxylic acids is 1. The quantitative estimate of drug-likeness (QED) is 0.606. The van der Waals surface area contributed by atoms with E-state index >= 15 is 0 Å². The first-order valence-electron chi connectivity index (χ1n) is 8.85. The summed E-state index contributed by atoms with van der Waals surface area (Å²) in [6.45, 7) is 2.05. The number of rotatable bonds is 7. The largest absolute Gasteiger partial charge is 0.344 e. The summed E-state index contributed by atoms with van der Waals surface area (Å²) in [4.78, 5) is 12.5. The standard InChI is InChI=1S/C23H22FNOS/c1-17-7-11-20(12-8-17)23(19-5-3-2-4-6-19)25-22(26)16-27-15-18-9-13-21(24)14-10-18/h2-14,23H,15-16H2,1H3,(H,25,26)/t23-/m1/s1. The van der Waals surface area contributed by atoms with Crippen LogP contribution >= 0.6 is 11.8 Å². The zero-order valence-electron chi connectivity index (χ0n) is 15.2. The van der Waals surface area contributed by atoms with Crippen molar-refractivity contribution in [1.82, 2.24) is 5.32 Å². The Bertz CT molecular complexity index is 863. The van der Waals surface area contributed by atoms with E-state index in [1.165, 1.54) is 29.5 Å². The summed E-state index contributed by atoms with van der Waals surface area (Å²) < 4.78 is 13.0. The second-order valence-corrected chi connectivity index (χ2v) is 7.43. The second kappa shape index (κ2) is 9.38. The molecule has 138 valence electrons. The van der Waals surface area contributed by atoms with Gasteiger partial charge in [0.05, 0.1) is 11.8 Å². The highest BCUT2D eigenvalue weighted by molar-refractivity contribution is 7.99. The van der Waals surface area contributed by atoms with Gasteiger partial charge in [-0.3, -0.25) is 4.79 Å². The van der Waals surface area contributed by atoms with Crippen LogP contribution in [-0.4, -0.2) is 11.7 Å². The number of aryl methyl sites for hydroxylation is 1. The van der Waals surface area contributed by atoms with Crippen molar-refractivity contribution in [2.75, 3.05) is 5.75 Å². The first-order chi connectivity index (χ1) is 13.1. The van der Waals surface area contributed by atoms with E-state index in [2.05, 4.69) is 29.6 Å². The zero-order chi connectivity index (χ0) is 19.1. The van der Waals surface area contributed by atoms with Crippen molar-refractivity contribution >= 4 is 17.7 Å². The fourth-order valence-corrected chi connectivity index (χ4v) is 3.61. The Kier molecular flexibility index (Phi) is 6.66. The van der Waals surface area contributed by atoms with E-state index in [0.717, 1.165) is 16.7 Å². The summed E-state index contributed by atoms with van der Waals surface area (Å²) in [6, 6.07) is 24.4. The maximum atomic E-state index is 13.0. The molecule has 0 saturated carbocycles. The summed E-state index contributed by atoms with van der Waals surface area (Å²) in [5, 5.41) is 3.14. The lowest BCUT2D eigenvalue weighted by molar-refractivity contribution is -0.119. The summed E-state index contributed by atoms with van der Waals surface area (Å²) in [5.74, 6) is 0.766. The predicted molar refractivity (Wildman–Crippen MR) is 110 cm³/mol. The van der Waals surface area contributed by atoms with Gasteiger partial charge in [0.2, 0.25) is 5.91 Å². The topological polar surface area (TPSA) is 29.1 Å². The third kappa shape index (κ3) is 5.69. The second-order valence-electron chi connectivity index (χ2n) is 6.44. The number of benzene rings is 3. The lowest BCUT2D eigenvalue weighted by Gasteiger charge is -2.20. The van der Waals surface area contributed by atoms with Crippen LogP contribution in [0, 0.1) is 12.7 Å². The number of hydrogen-bond acceptors (Lipinski definition) is 2. The maximum Gasteiger partial charge on any atom is 0.230 e. The Balaban J connectivity index is 1.63. The highest BCUT2D eigenvalue weighted by Crippen LogP contribution is 2.23. The van der Waals surface area contributed by atoms with Crippen LogP contribution in [0.25, 0.3) is 0 Å². The van der Waals surface area contributed by atoms with Gasteiger partial charge in [-0.1, -0.05) is 72.3 Å². The molecule has 4 heteroatoms. The van der Waals surface area contributed by atoms with Crippen molar-refractivity contribution in [2.45, 2.75) is 18.7 Å². The molecule has 0 aliphatic rings. The van der Waals surface area contributed by atoms with Crippen LogP contribution in [0.2, 0.25) is 0 Å². The zero-order valence-corrected chi connectivity index (χ0v) is 16.0. The highest BCUT2D eigenvalue weighted by atomic mass is 32.2. The monoisotopic (exact) mass is 379 g/mol. The van der Waals surface area contributed by atoms with Crippen molar-refractivity contribution in [3.05, 3.63) is 107 Å². The fraction of sp³-hybridized carbons (Fsp3) is 0.174. The highest BCUT2D eigenvalue weighted by Gasteiger charge is 2.16. The molecule has 0 heterocycles. The third-order valence-corrected chi connectivity index (χ3v) is 5.27. The summed E-state index contributed by atoms with van der Waals surface area (Å²) >= 11 is 1.52. The van der Waals surface area contributed by atoms with Gasteiger partial charge in [-0.05, 0) is 35.7 Å². The normalized spacial score (nSPS) is 11.8.